The number of amides is 1. The van der Waals surface area contributed by atoms with Crippen molar-refractivity contribution in [3.8, 4) is 0 Å². The summed E-state index contributed by atoms with van der Waals surface area (Å²) in [4.78, 5) is 17.1. The molecule has 4 rings (SSSR count). The molecule has 8 heteroatoms. The topological polar surface area (TPSA) is 120 Å². The highest BCUT2D eigenvalue weighted by Crippen LogP contribution is 2.37. The highest BCUT2D eigenvalue weighted by molar-refractivity contribution is 8.00. The van der Waals surface area contributed by atoms with E-state index in [9.17, 15) is 4.79 Å². The summed E-state index contributed by atoms with van der Waals surface area (Å²) in [6.07, 6.45) is 8.01. The van der Waals surface area contributed by atoms with Gasteiger partial charge in [0.1, 0.15) is 0 Å². The molecule has 172 valence electrons. The fraction of sp³-hybridized carbons (Fsp3) is 0.240. The zero-order chi connectivity index (χ0) is 23.2. The van der Waals surface area contributed by atoms with E-state index in [0.29, 0.717) is 6.54 Å². The van der Waals surface area contributed by atoms with Crippen molar-refractivity contribution in [3.05, 3.63) is 88.1 Å². The Morgan fingerprint density at radius 2 is 2.15 bits per heavy atom. The highest BCUT2D eigenvalue weighted by atomic mass is 32.2. The van der Waals surface area contributed by atoms with E-state index >= 15 is 0 Å². The van der Waals surface area contributed by atoms with Crippen LogP contribution in [0.2, 0.25) is 0 Å². The number of hydroxylamine groups is 1. The van der Waals surface area contributed by atoms with Gasteiger partial charge >= 0.3 is 0 Å². The van der Waals surface area contributed by atoms with Crippen LogP contribution in [0.25, 0.3) is 17.0 Å². The van der Waals surface area contributed by atoms with E-state index in [1.807, 2.05) is 12.1 Å². The maximum Gasteiger partial charge on any atom is 0.267 e. The first kappa shape index (κ1) is 23.1. The van der Waals surface area contributed by atoms with Gasteiger partial charge in [0.05, 0.1) is 0 Å². The van der Waals surface area contributed by atoms with Crippen molar-refractivity contribution >= 4 is 34.8 Å². The third kappa shape index (κ3) is 5.48. The smallest absolute Gasteiger partial charge is 0.267 e. The van der Waals surface area contributed by atoms with Gasteiger partial charge < -0.3 is 10.7 Å². The molecule has 7 N–H and O–H groups in total. The Balaban J connectivity index is 1.55. The van der Waals surface area contributed by atoms with Crippen molar-refractivity contribution in [1.29, 1.82) is 0 Å². The molecule has 33 heavy (non-hydrogen) atoms. The fourth-order valence-corrected chi connectivity index (χ4v) is 4.86. The second-order valence-corrected chi connectivity index (χ2v) is 8.74. The summed E-state index contributed by atoms with van der Waals surface area (Å²) < 4.78 is 0. The second-order valence-electron chi connectivity index (χ2n) is 8.23. The summed E-state index contributed by atoms with van der Waals surface area (Å²) in [5, 5.41) is 17.3. The molecule has 1 atom stereocenters. The lowest BCUT2D eigenvalue weighted by molar-refractivity contribution is -0.124. The number of aromatic nitrogens is 1. The van der Waals surface area contributed by atoms with Crippen LogP contribution in [0.3, 0.4) is 0 Å². The van der Waals surface area contributed by atoms with Crippen LogP contribution >= 0.6 is 11.9 Å². The van der Waals surface area contributed by atoms with Crippen LogP contribution in [0.5, 0.6) is 0 Å². The Morgan fingerprint density at radius 1 is 1.30 bits per heavy atom. The Hall–Kier alpha value is -3.04. The number of nitrogens with one attached hydrogen (secondary N) is 2. The number of hydrogen-bond donors (Lipinski definition) is 5. The van der Waals surface area contributed by atoms with Gasteiger partial charge in [0.25, 0.3) is 5.91 Å². The number of aromatic amines is 1. The molecule has 0 saturated carbocycles. The number of rotatable bonds is 9. The fourth-order valence-electron chi connectivity index (χ4n) is 4.61. The van der Waals surface area contributed by atoms with Crippen LogP contribution in [0.1, 0.15) is 34.7 Å². The van der Waals surface area contributed by atoms with Crippen molar-refractivity contribution in [3.63, 3.8) is 0 Å². The minimum Gasteiger partial charge on any atom is -0.401 e. The number of para-hydroxylation sites is 1. The first-order valence-corrected chi connectivity index (χ1v) is 11.9. The summed E-state index contributed by atoms with van der Waals surface area (Å²) in [6.45, 7) is 1.52. The van der Waals surface area contributed by atoms with E-state index in [4.69, 9.17) is 16.1 Å². The highest BCUT2D eigenvalue weighted by Gasteiger charge is 2.28. The van der Waals surface area contributed by atoms with Crippen molar-refractivity contribution in [2.75, 3.05) is 13.1 Å². The van der Waals surface area contributed by atoms with Crippen LogP contribution in [0, 0.1) is 0 Å². The van der Waals surface area contributed by atoms with Crippen LogP contribution in [0.4, 0.5) is 0 Å². The lowest BCUT2D eigenvalue weighted by Crippen LogP contribution is -2.33. The Morgan fingerprint density at radius 3 is 2.97 bits per heavy atom. The molecule has 0 fully saturated rings. The molecule has 0 spiro atoms. The first-order valence-electron chi connectivity index (χ1n) is 10.9. The van der Waals surface area contributed by atoms with Gasteiger partial charge in [-0.25, -0.2) is 5.48 Å². The second kappa shape index (κ2) is 10.7. The molecule has 1 amide bonds. The number of fused-ring (bicyclic) bond motifs is 2. The van der Waals surface area contributed by atoms with Gasteiger partial charge in [-0.3, -0.25) is 20.0 Å². The van der Waals surface area contributed by atoms with Crippen molar-refractivity contribution in [2.24, 2.45) is 10.9 Å². The number of nitrogens with zero attached hydrogens (tertiary/aromatic N) is 1. The summed E-state index contributed by atoms with van der Waals surface area (Å²) in [6, 6.07) is 14.9. The lowest BCUT2D eigenvalue weighted by Gasteiger charge is -2.30. The molecule has 1 aromatic heterocycles. The molecule has 0 bridgehead atoms. The summed E-state index contributed by atoms with van der Waals surface area (Å²) >= 11 is 1.13. The predicted molar refractivity (Wildman–Crippen MR) is 134 cm³/mol. The molecular formula is C25H29N5O2S. The summed E-state index contributed by atoms with van der Waals surface area (Å²) in [5.74, 6) is -0.545. The maximum absolute atomic E-state index is 11.3. The largest absolute Gasteiger partial charge is 0.401 e. The molecule has 1 unspecified atom stereocenters. The lowest BCUT2D eigenvalue weighted by atomic mass is 10.0. The quantitative estimate of drug-likeness (QED) is 0.143. The number of H-pyrrole nitrogens is 1. The normalized spacial score (nSPS) is 16.1. The zero-order valence-corrected chi connectivity index (χ0v) is 19.1. The molecule has 0 radical (unpaired) electrons. The monoisotopic (exact) mass is 463 g/mol. The first-order chi connectivity index (χ1) is 16.1. The molecular weight excluding hydrogens is 434 g/mol. The van der Waals surface area contributed by atoms with Crippen LogP contribution in [0.15, 0.2) is 65.8 Å². The molecule has 1 aliphatic carbocycles. The van der Waals surface area contributed by atoms with Crippen molar-refractivity contribution in [1.82, 2.24) is 15.4 Å². The van der Waals surface area contributed by atoms with E-state index in [0.717, 1.165) is 54.5 Å². The summed E-state index contributed by atoms with van der Waals surface area (Å²) in [7, 11) is 0. The Kier molecular flexibility index (Phi) is 7.51. The van der Waals surface area contributed by atoms with Gasteiger partial charge in [-0.05, 0) is 53.7 Å². The van der Waals surface area contributed by atoms with Gasteiger partial charge in [-0.1, -0.05) is 48.3 Å². The van der Waals surface area contributed by atoms with Crippen LogP contribution in [-0.4, -0.2) is 34.1 Å². The molecule has 3 aromatic rings. The third-order valence-electron chi connectivity index (χ3n) is 6.14. The number of benzene rings is 2. The number of nitrogens with two attached hydrogens (primary N) is 2. The molecule has 1 aliphatic rings. The van der Waals surface area contributed by atoms with Crippen LogP contribution in [-0.2, 0) is 17.6 Å². The number of carbonyl (C=O) groups is 1. The number of carbonyl (C=O) groups excluding carboxylic acids is 1. The molecule has 0 saturated heterocycles. The van der Waals surface area contributed by atoms with Crippen LogP contribution < -0.4 is 16.4 Å². The average molecular weight is 464 g/mol. The average Bonchev–Trinajstić information content (AvgIpc) is 3.44. The van der Waals surface area contributed by atoms with Gasteiger partial charge in [0, 0.05) is 53.4 Å². The van der Waals surface area contributed by atoms with Gasteiger partial charge in [0.2, 0.25) is 0 Å². The predicted octanol–water partition coefficient (Wildman–Crippen LogP) is 3.63. The molecule has 2 aromatic carbocycles. The number of hydrogen-bond acceptors (Lipinski definition) is 6. The van der Waals surface area contributed by atoms with Crippen molar-refractivity contribution in [2.45, 2.75) is 25.3 Å². The molecule has 7 nitrogen and oxygen atoms in total. The third-order valence-corrected chi connectivity index (χ3v) is 6.58. The standard InChI is InChI=1S/C25H29N5O2S/c26-20(16-33-27)15-30(12-11-19-14-28-23-4-2-1-3-21(19)23)24-9-7-18-13-17(5-8-22(18)24)6-10-25(31)29-32/h1-6,8,10,13-14,16,24,28,32H,7,9,11-12,15,26-27H2,(H,29,31)/b10-6+,20-16-. The van der Waals surface area contributed by atoms with E-state index in [2.05, 4.69) is 46.4 Å². The van der Waals surface area contributed by atoms with Gasteiger partial charge in [0.15, 0.2) is 0 Å². The Bertz CT molecular complexity index is 1190. The van der Waals surface area contributed by atoms with E-state index in [1.54, 1.807) is 17.0 Å². The van der Waals surface area contributed by atoms with Gasteiger partial charge in [-0.15, -0.1) is 0 Å². The zero-order valence-electron chi connectivity index (χ0n) is 18.3. The van der Waals surface area contributed by atoms with Crippen molar-refractivity contribution < 1.29 is 10.0 Å². The summed E-state index contributed by atoms with van der Waals surface area (Å²) in [5.41, 5.74) is 14.6. The van der Waals surface area contributed by atoms with E-state index < -0.39 is 5.91 Å². The number of aryl methyl sites for hydroxylation is 1. The Labute approximate surface area is 197 Å². The molecule has 0 aliphatic heterocycles. The minimum absolute atomic E-state index is 0.263. The SMILES string of the molecule is NS/C=C(\N)CN(CCc1c[nH]c2ccccc12)C1CCc2cc(/C=C/C(=O)NO)ccc21. The van der Waals surface area contributed by atoms with Gasteiger partial charge in [-0.2, -0.15) is 0 Å². The maximum atomic E-state index is 11.3. The van der Waals surface area contributed by atoms with E-state index in [1.165, 1.54) is 28.2 Å². The molecule has 1 heterocycles. The minimum atomic E-state index is -0.545. The van der Waals surface area contributed by atoms with E-state index in [-0.39, 0.29) is 6.04 Å².